The van der Waals surface area contributed by atoms with Crippen LogP contribution in [0.15, 0.2) is 54.9 Å². The van der Waals surface area contributed by atoms with Gasteiger partial charge in [0.15, 0.2) is 5.65 Å². The molecule has 0 aliphatic carbocycles. The number of nitrogens with one attached hydrogen (secondary N) is 1. The van der Waals surface area contributed by atoms with Crippen molar-refractivity contribution in [3.05, 3.63) is 66.2 Å². The minimum atomic E-state index is -0.571. The molecule has 0 bridgehead atoms. The lowest BCUT2D eigenvalue weighted by molar-refractivity contribution is 0.273. The van der Waals surface area contributed by atoms with E-state index in [1.54, 1.807) is 48.3 Å². The Morgan fingerprint density at radius 2 is 2.00 bits per heavy atom. The lowest BCUT2D eigenvalue weighted by atomic mass is 10.1. The van der Waals surface area contributed by atoms with Gasteiger partial charge < -0.3 is 14.8 Å². The largest absolute Gasteiger partial charge is 0.496 e. The molecule has 3 heterocycles. The minimum absolute atomic E-state index is 0.0235. The van der Waals surface area contributed by atoms with Crippen LogP contribution in [-0.4, -0.2) is 40.0 Å². The number of rotatable bonds is 8. The van der Waals surface area contributed by atoms with Crippen LogP contribution in [-0.2, 0) is 0 Å². The Morgan fingerprint density at radius 3 is 2.81 bits per heavy atom. The SMILES string of the molecule is COc1ccc(F)cc1[C@@H](C)Nc1ccc2ncc(-c3cc(OCCF)ccn3)n2n1. The maximum absolute atomic E-state index is 13.8. The van der Waals surface area contributed by atoms with E-state index >= 15 is 0 Å². The number of nitrogens with zero attached hydrogens (tertiary/aromatic N) is 4. The van der Waals surface area contributed by atoms with Crippen molar-refractivity contribution in [2.45, 2.75) is 13.0 Å². The lowest BCUT2D eigenvalue weighted by Crippen LogP contribution is -2.11. The average molecular weight is 425 g/mol. The molecule has 7 nitrogen and oxygen atoms in total. The van der Waals surface area contributed by atoms with Gasteiger partial charge in [-0.05, 0) is 43.3 Å². The van der Waals surface area contributed by atoms with E-state index in [1.165, 1.54) is 12.1 Å². The Balaban J connectivity index is 1.64. The van der Waals surface area contributed by atoms with Gasteiger partial charge >= 0.3 is 0 Å². The van der Waals surface area contributed by atoms with E-state index in [1.807, 2.05) is 13.0 Å². The predicted octanol–water partition coefficient (Wildman–Crippen LogP) is 4.46. The molecule has 9 heteroatoms. The second-order valence-electron chi connectivity index (χ2n) is 6.80. The zero-order valence-corrected chi connectivity index (χ0v) is 17.0. The minimum Gasteiger partial charge on any atom is -0.496 e. The van der Waals surface area contributed by atoms with Gasteiger partial charge in [0.25, 0.3) is 0 Å². The highest BCUT2D eigenvalue weighted by Gasteiger charge is 2.15. The van der Waals surface area contributed by atoms with Crippen LogP contribution in [0.25, 0.3) is 17.0 Å². The fourth-order valence-electron chi connectivity index (χ4n) is 3.27. The first-order chi connectivity index (χ1) is 15.1. The summed E-state index contributed by atoms with van der Waals surface area (Å²) in [6.45, 7) is 1.30. The first-order valence-electron chi connectivity index (χ1n) is 9.69. The Hall–Kier alpha value is -3.75. The number of halogens is 2. The van der Waals surface area contributed by atoms with Crippen molar-refractivity contribution < 1.29 is 18.3 Å². The number of hydrogen-bond acceptors (Lipinski definition) is 6. The molecule has 160 valence electrons. The molecule has 0 saturated carbocycles. The topological polar surface area (TPSA) is 73.6 Å². The third-order valence-electron chi connectivity index (χ3n) is 4.72. The van der Waals surface area contributed by atoms with Crippen LogP contribution in [0.4, 0.5) is 14.6 Å². The van der Waals surface area contributed by atoms with Crippen molar-refractivity contribution in [2.75, 3.05) is 25.7 Å². The fraction of sp³-hybridized carbons (Fsp3) is 0.227. The van der Waals surface area contributed by atoms with Gasteiger partial charge in [0.05, 0.1) is 25.0 Å². The van der Waals surface area contributed by atoms with Crippen LogP contribution >= 0.6 is 0 Å². The van der Waals surface area contributed by atoms with Crippen LogP contribution in [0.3, 0.4) is 0 Å². The Morgan fingerprint density at radius 1 is 1.13 bits per heavy atom. The molecule has 0 aliphatic rings. The highest BCUT2D eigenvalue weighted by Crippen LogP contribution is 2.29. The van der Waals surface area contributed by atoms with Gasteiger partial charge in [0, 0.05) is 17.8 Å². The van der Waals surface area contributed by atoms with E-state index in [2.05, 4.69) is 20.4 Å². The van der Waals surface area contributed by atoms with E-state index < -0.39 is 6.67 Å². The Kier molecular flexibility index (Phi) is 5.92. The lowest BCUT2D eigenvalue weighted by Gasteiger charge is -2.18. The fourth-order valence-corrected chi connectivity index (χ4v) is 3.27. The molecule has 0 aliphatic heterocycles. The van der Waals surface area contributed by atoms with Gasteiger partial charge in [0.2, 0.25) is 0 Å². The van der Waals surface area contributed by atoms with Crippen LogP contribution in [0.2, 0.25) is 0 Å². The van der Waals surface area contributed by atoms with Gasteiger partial charge in [-0.3, -0.25) is 4.98 Å². The third-order valence-corrected chi connectivity index (χ3v) is 4.72. The molecule has 0 saturated heterocycles. The van der Waals surface area contributed by atoms with Crippen molar-refractivity contribution in [3.63, 3.8) is 0 Å². The van der Waals surface area contributed by atoms with E-state index in [9.17, 15) is 8.78 Å². The highest BCUT2D eigenvalue weighted by atomic mass is 19.1. The molecule has 31 heavy (non-hydrogen) atoms. The number of anilines is 1. The second kappa shape index (κ2) is 8.95. The molecule has 4 rings (SSSR count). The Bertz CT molecular complexity index is 1200. The molecule has 1 aromatic carbocycles. The number of alkyl halides is 1. The van der Waals surface area contributed by atoms with E-state index in [0.717, 1.165) is 0 Å². The van der Waals surface area contributed by atoms with Gasteiger partial charge in [-0.15, -0.1) is 5.10 Å². The third kappa shape index (κ3) is 4.40. The van der Waals surface area contributed by atoms with E-state index in [-0.39, 0.29) is 18.5 Å². The van der Waals surface area contributed by atoms with Crippen molar-refractivity contribution in [1.29, 1.82) is 0 Å². The van der Waals surface area contributed by atoms with E-state index in [0.29, 0.717) is 39.9 Å². The number of pyridine rings is 1. The summed E-state index contributed by atoms with van der Waals surface area (Å²) < 4.78 is 38.5. The first-order valence-corrected chi connectivity index (χ1v) is 9.69. The maximum Gasteiger partial charge on any atom is 0.154 e. The monoisotopic (exact) mass is 425 g/mol. The number of fused-ring (bicyclic) bond motifs is 1. The Labute approximate surface area is 177 Å². The summed E-state index contributed by atoms with van der Waals surface area (Å²) >= 11 is 0. The molecule has 0 fully saturated rings. The standard InChI is InChI=1S/C22H21F2N5O2/c1-14(17-11-15(24)3-4-20(17)30-2)27-21-5-6-22-26-13-19(29(22)28-21)18-12-16(7-9-25-18)31-10-8-23/h3-7,9,11-14H,8,10H2,1-2H3,(H,27,28)/t14-/m1/s1. The molecule has 1 N–H and O–H groups in total. The van der Waals surface area contributed by atoms with E-state index in [4.69, 9.17) is 9.47 Å². The summed E-state index contributed by atoms with van der Waals surface area (Å²) in [5, 5.41) is 7.88. The van der Waals surface area contributed by atoms with Gasteiger partial charge in [0.1, 0.15) is 42.1 Å². The average Bonchev–Trinajstić information content (AvgIpc) is 3.21. The number of benzene rings is 1. The van der Waals surface area contributed by atoms with Crippen LogP contribution in [0.1, 0.15) is 18.5 Å². The molecule has 1 atom stereocenters. The van der Waals surface area contributed by atoms with Crippen molar-refractivity contribution in [3.8, 4) is 22.9 Å². The predicted molar refractivity (Wildman–Crippen MR) is 113 cm³/mol. The number of aromatic nitrogens is 4. The summed E-state index contributed by atoms with van der Waals surface area (Å²) in [4.78, 5) is 8.72. The van der Waals surface area contributed by atoms with Crippen LogP contribution in [0, 0.1) is 5.82 Å². The molecule has 0 amide bonds. The maximum atomic E-state index is 13.8. The quantitative estimate of drug-likeness (QED) is 0.449. The number of imidazole rings is 1. The summed E-state index contributed by atoms with van der Waals surface area (Å²) in [6.07, 6.45) is 3.25. The van der Waals surface area contributed by atoms with Crippen LogP contribution in [0.5, 0.6) is 11.5 Å². The summed E-state index contributed by atoms with van der Waals surface area (Å²) in [5.41, 5.74) is 2.55. The molecule has 4 aromatic rings. The van der Waals surface area contributed by atoms with Gasteiger partial charge in [-0.2, -0.15) is 0 Å². The molecular weight excluding hydrogens is 404 g/mol. The first kappa shape index (κ1) is 20.5. The summed E-state index contributed by atoms with van der Waals surface area (Å²) in [5.74, 6) is 1.32. The van der Waals surface area contributed by atoms with Gasteiger partial charge in [-0.25, -0.2) is 18.3 Å². The van der Waals surface area contributed by atoms with Crippen molar-refractivity contribution in [1.82, 2.24) is 19.6 Å². The van der Waals surface area contributed by atoms with Crippen molar-refractivity contribution >= 4 is 11.5 Å². The molecule has 0 spiro atoms. The smallest absolute Gasteiger partial charge is 0.154 e. The molecule has 0 unspecified atom stereocenters. The second-order valence-corrected chi connectivity index (χ2v) is 6.80. The normalized spacial score (nSPS) is 12.0. The molecule has 3 aromatic heterocycles. The highest BCUT2D eigenvalue weighted by molar-refractivity contribution is 5.61. The summed E-state index contributed by atoms with van der Waals surface area (Å²) in [6, 6.07) is 11.1. The number of hydrogen-bond donors (Lipinski definition) is 1. The summed E-state index contributed by atoms with van der Waals surface area (Å²) in [7, 11) is 1.55. The number of ether oxygens (including phenoxy) is 2. The van der Waals surface area contributed by atoms with Crippen LogP contribution < -0.4 is 14.8 Å². The number of methoxy groups -OCH3 is 1. The zero-order valence-electron chi connectivity index (χ0n) is 17.0. The zero-order chi connectivity index (χ0) is 21.8. The van der Waals surface area contributed by atoms with Crippen molar-refractivity contribution in [2.24, 2.45) is 0 Å². The molecular formula is C22H21F2N5O2. The molecule has 0 radical (unpaired) electrons. The van der Waals surface area contributed by atoms with Gasteiger partial charge in [-0.1, -0.05) is 0 Å².